The van der Waals surface area contributed by atoms with Gasteiger partial charge in [-0.25, -0.2) is 4.79 Å². The van der Waals surface area contributed by atoms with E-state index in [0.29, 0.717) is 19.8 Å². The molecule has 0 aromatic rings. The molecule has 7 heteroatoms. The number of imide groups is 1. The van der Waals surface area contributed by atoms with Crippen molar-refractivity contribution in [2.75, 3.05) is 0 Å². The minimum Gasteiger partial charge on any atom is -0.316 e. The predicted octanol–water partition coefficient (Wildman–Crippen LogP) is 1.41. The summed E-state index contributed by atoms with van der Waals surface area (Å²) in [5.41, 5.74) is -2.76. The number of nitrogens with one attached hydrogen (secondary N) is 1. The molecule has 3 amide bonds. The first-order valence-electron chi connectivity index (χ1n) is 5.00. The minimum absolute atomic E-state index is 0.364. The Morgan fingerprint density at radius 2 is 1.94 bits per heavy atom. The third-order valence-electron chi connectivity index (χ3n) is 3.23. The molecule has 2 rings (SSSR count). The molecule has 2 fully saturated rings. The molecule has 90 valence electrons. The number of amides is 3. The minimum atomic E-state index is -4.77. The van der Waals surface area contributed by atoms with Crippen LogP contribution in [0.2, 0.25) is 0 Å². The van der Waals surface area contributed by atoms with Crippen LogP contribution < -0.4 is 5.32 Å². The number of halogens is 3. The molecule has 0 spiro atoms. The second kappa shape index (κ2) is 3.11. The standard InChI is InChI=1S/C9H11F3N2O2/c1-8(9(10,11)12)6(15)14(7(16)13-8)5-3-2-4-5/h5H,2-4H2,1H3,(H,13,16). The van der Waals surface area contributed by atoms with Gasteiger partial charge in [-0.05, 0) is 26.2 Å². The van der Waals surface area contributed by atoms with E-state index in [1.165, 1.54) is 0 Å². The third kappa shape index (κ3) is 1.30. The molecule has 4 nitrogen and oxygen atoms in total. The summed E-state index contributed by atoms with van der Waals surface area (Å²) in [6.45, 7) is 0.700. The Morgan fingerprint density at radius 3 is 2.25 bits per heavy atom. The van der Waals surface area contributed by atoms with Crippen LogP contribution in [0.3, 0.4) is 0 Å². The fraction of sp³-hybridized carbons (Fsp3) is 0.778. The van der Waals surface area contributed by atoms with Gasteiger partial charge in [-0.15, -0.1) is 0 Å². The van der Waals surface area contributed by atoms with Crippen LogP contribution in [0.4, 0.5) is 18.0 Å². The van der Waals surface area contributed by atoms with Crippen LogP contribution in [-0.2, 0) is 4.79 Å². The molecule has 1 aliphatic heterocycles. The molecule has 1 atom stereocenters. The summed E-state index contributed by atoms with van der Waals surface area (Å²) in [6, 6.07) is -1.30. The average Bonchev–Trinajstić information content (AvgIpc) is 2.26. The molecule has 1 heterocycles. The van der Waals surface area contributed by atoms with Crippen LogP contribution in [0.15, 0.2) is 0 Å². The zero-order chi connectivity index (χ0) is 12.1. The van der Waals surface area contributed by atoms with E-state index in [1.54, 1.807) is 5.32 Å². The highest BCUT2D eigenvalue weighted by Gasteiger charge is 2.65. The van der Waals surface area contributed by atoms with E-state index in [2.05, 4.69) is 0 Å². The molecular weight excluding hydrogens is 225 g/mol. The van der Waals surface area contributed by atoms with Gasteiger partial charge in [0.05, 0.1) is 0 Å². The summed E-state index contributed by atoms with van der Waals surface area (Å²) in [7, 11) is 0. The first-order valence-corrected chi connectivity index (χ1v) is 5.00. The fourth-order valence-electron chi connectivity index (χ4n) is 1.83. The number of hydrogen-bond donors (Lipinski definition) is 1. The van der Waals surface area contributed by atoms with Crippen LogP contribution in [0.25, 0.3) is 0 Å². The van der Waals surface area contributed by atoms with Gasteiger partial charge in [0.25, 0.3) is 5.91 Å². The second-order valence-corrected chi connectivity index (χ2v) is 4.31. The lowest BCUT2D eigenvalue weighted by atomic mass is 9.90. The third-order valence-corrected chi connectivity index (χ3v) is 3.23. The van der Waals surface area contributed by atoms with Crippen LogP contribution in [0.5, 0.6) is 0 Å². The van der Waals surface area contributed by atoms with E-state index < -0.39 is 23.7 Å². The summed E-state index contributed by atoms with van der Waals surface area (Å²) >= 11 is 0. The van der Waals surface area contributed by atoms with E-state index in [9.17, 15) is 22.8 Å². The summed E-state index contributed by atoms with van der Waals surface area (Å²) in [4.78, 5) is 23.7. The highest BCUT2D eigenvalue weighted by molar-refractivity contribution is 6.07. The summed E-state index contributed by atoms with van der Waals surface area (Å²) in [5.74, 6) is -1.19. The zero-order valence-corrected chi connectivity index (χ0v) is 8.60. The first kappa shape index (κ1) is 11.2. The number of carbonyl (C=O) groups is 2. The van der Waals surface area contributed by atoms with Gasteiger partial charge in [-0.2, -0.15) is 13.2 Å². The Bertz CT molecular complexity index is 351. The summed E-state index contributed by atoms with van der Waals surface area (Å²) < 4.78 is 38.0. The van der Waals surface area contributed by atoms with E-state index >= 15 is 0 Å². The van der Waals surface area contributed by atoms with Crippen molar-refractivity contribution in [1.82, 2.24) is 10.2 Å². The van der Waals surface area contributed by atoms with Crippen molar-refractivity contribution in [2.45, 2.75) is 43.9 Å². The fourth-order valence-corrected chi connectivity index (χ4v) is 1.83. The van der Waals surface area contributed by atoms with Gasteiger partial charge in [-0.1, -0.05) is 0 Å². The second-order valence-electron chi connectivity index (χ2n) is 4.31. The summed E-state index contributed by atoms with van der Waals surface area (Å²) in [6.07, 6.45) is -2.75. The van der Waals surface area contributed by atoms with Gasteiger partial charge in [0.1, 0.15) is 0 Å². The molecule has 0 radical (unpaired) electrons. The maximum Gasteiger partial charge on any atom is 0.420 e. The quantitative estimate of drug-likeness (QED) is 0.700. The topological polar surface area (TPSA) is 49.4 Å². The molecule has 0 aromatic carbocycles. The molecule has 0 aromatic heterocycles. The Labute approximate surface area is 89.8 Å². The number of rotatable bonds is 1. The smallest absolute Gasteiger partial charge is 0.316 e. The normalized spacial score (nSPS) is 31.6. The summed E-state index contributed by atoms with van der Waals surface area (Å²) in [5, 5.41) is 1.73. The SMILES string of the molecule is CC1(C(F)(F)F)NC(=O)N(C2CCC2)C1=O. The van der Waals surface area contributed by atoms with Gasteiger partial charge in [-0.3, -0.25) is 9.69 Å². The number of hydrogen-bond acceptors (Lipinski definition) is 2. The Hall–Kier alpha value is -1.27. The largest absolute Gasteiger partial charge is 0.420 e. The Balaban J connectivity index is 2.28. The highest BCUT2D eigenvalue weighted by Crippen LogP contribution is 2.38. The maximum atomic E-state index is 12.7. The zero-order valence-electron chi connectivity index (χ0n) is 8.60. The van der Waals surface area contributed by atoms with Gasteiger partial charge in [0, 0.05) is 6.04 Å². The van der Waals surface area contributed by atoms with E-state index in [0.717, 1.165) is 11.3 Å². The number of urea groups is 1. The number of alkyl halides is 3. The molecule has 2 aliphatic rings. The van der Waals surface area contributed by atoms with Crippen molar-refractivity contribution < 1.29 is 22.8 Å². The van der Waals surface area contributed by atoms with Crippen LogP contribution >= 0.6 is 0 Å². The predicted molar refractivity (Wildman–Crippen MR) is 47.5 cm³/mol. The van der Waals surface area contributed by atoms with Gasteiger partial charge in [0.2, 0.25) is 5.54 Å². The molecule has 1 unspecified atom stereocenters. The average molecular weight is 236 g/mol. The van der Waals surface area contributed by atoms with Gasteiger partial charge in [0.15, 0.2) is 0 Å². The molecule has 1 saturated carbocycles. The Morgan fingerprint density at radius 1 is 1.38 bits per heavy atom. The molecule has 16 heavy (non-hydrogen) atoms. The first-order chi connectivity index (χ1) is 7.27. The van der Waals surface area contributed by atoms with Crippen molar-refractivity contribution in [3.63, 3.8) is 0 Å². The van der Waals surface area contributed by atoms with Gasteiger partial charge < -0.3 is 5.32 Å². The number of carbonyl (C=O) groups excluding carboxylic acids is 2. The number of nitrogens with zero attached hydrogens (tertiary/aromatic N) is 1. The molecule has 1 N–H and O–H groups in total. The molecule has 0 bridgehead atoms. The van der Waals surface area contributed by atoms with Crippen LogP contribution in [-0.4, -0.2) is 34.6 Å². The van der Waals surface area contributed by atoms with Crippen molar-refractivity contribution in [2.24, 2.45) is 0 Å². The van der Waals surface area contributed by atoms with Crippen molar-refractivity contribution >= 4 is 11.9 Å². The molecular formula is C9H11F3N2O2. The monoisotopic (exact) mass is 236 g/mol. The highest BCUT2D eigenvalue weighted by atomic mass is 19.4. The lowest BCUT2D eigenvalue weighted by Crippen LogP contribution is -2.56. The lowest BCUT2D eigenvalue weighted by molar-refractivity contribution is -0.191. The van der Waals surface area contributed by atoms with Crippen LogP contribution in [0.1, 0.15) is 26.2 Å². The van der Waals surface area contributed by atoms with E-state index in [-0.39, 0.29) is 6.04 Å². The maximum absolute atomic E-state index is 12.7. The van der Waals surface area contributed by atoms with Crippen molar-refractivity contribution in [1.29, 1.82) is 0 Å². The van der Waals surface area contributed by atoms with Crippen LogP contribution in [0, 0.1) is 0 Å². The van der Waals surface area contributed by atoms with E-state index in [4.69, 9.17) is 0 Å². The lowest BCUT2D eigenvalue weighted by Gasteiger charge is -2.33. The van der Waals surface area contributed by atoms with Gasteiger partial charge >= 0.3 is 12.2 Å². The Kier molecular flexibility index (Phi) is 2.18. The van der Waals surface area contributed by atoms with Crippen molar-refractivity contribution in [3.05, 3.63) is 0 Å². The van der Waals surface area contributed by atoms with E-state index in [1.807, 2.05) is 0 Å². The molecule has 1 saturated heterocycles. The molecule has 1 aliphatic carbocycles. The van der Waals surface area contributed by atoms with Crippen molar-refractivity contribution in [3.8, 4) is 0 Å².